The van der Waals surface area contributed by atoms with E-state index in [1.165, 1.54) is 10.8 Å². The minimum atomic E-state index is -3.09. The molecule has 1 unspecified atom stereocenters. The molecule has 8 heteroatoms. The van der Waals surface area contributed by atoms with Gasteiger partial charge in [0.1, 0.15) is 6.54 Å². The average molecular weight is 377 g/mol. The van der Waals surface area contributed by atoms with E-state index in [4.69, 9.17) is 0 Å². The summed E-state index contributed by atoms with van der Waals surface area (Å²) in [6.45, 7) is 2.42. The first-order valence-corrected chi connectivity index (χ1v) is 10.7. The maximum Gasteiger partial charge on any atom is 0.269 e. The molecule has 1 saturated heterocycles. The smallest absolute Gasteiger partial charge is 0.269 e. The monoisotopic (exact) mass is 377 g/mol. The Hall–Kier alpha value is -2.22. The van der Waals surface area contributed by atoms with Gasteiger partial charge in [0.05, 0.1) is 28.7 Å². The van der Waals surface area contributed by atoms with E-state index in [9.17, 15) is 18.0 Å². The van der Waals surface area contributed by atoms with Crippen LogP contribution >= 0.6 is 0 Å². The summed E-state index contributed by atoms with van der Waals surface area (Å²) in [5.41, 5.74) is 0.901. The van der Waals surface area contributed by atoms with Crippen LogP contribution in [-0.4, -0.2) is 52.9 Å². The topological polar surface area (TPSA) is 89.3 Å². The van der Waals surface area contributed by atoms with Gasteiger partial charge in [-0.05, 0) is 25.0 Å². The van der Waals surface area contributed by atoms with Crippen LogP contribution < -0.4 is 5.56 Å². The van der Waals surface area contributed by atoms with E-state index >= 15 is 0 Å². The van der Waals surface area contributed by atoms with Crippen LogP contribution in [0.3, 0.4) is 0 Å². The van der Waals surface area contributed by atoms with Crippen LogP contribution in [-0.2, 0) is 21.2 Å². The maximum absolute atomic E-state index is 13.0. The number of carbonyl (C=O) groups excluding carboxylic acids is 1. The molecule has 1 atom stereocenters. The van der Waals surface area contributed by atoms with Gasteiger partial charge in [0.25, 0.3) is 5.56 Å². The third-order valence-corrected chi connectivity index (χ3v) is 6.52. The molecule has 0 aliphatic carbocycles. The predicted octanol–water partition coefficient (Wildman–Crippen LogP) is 1.21. The fourth-order valence-electron chi connectivity index (χ4n) is 3.36. The molecule has 0 spiro atoms. The molecular formula is C18H23N3O4S. The van der Waals surface area contributed by atoms with Crippen LogP contribution in [0.2, 0.25) is 0 Å². The van der Waals surface area contributed by atoms with Gasteiger partial charge in [0.15, 0.2) is 9.84 Å². The Morgan fingerprint density at radius 2 is 2.12 bits per heavy atom. The zero-order valence-electron chi connectivity index (χ0n) is 14.8. The fraction of sp³-hybridized carbons (Fsp3) is 0.500. The molecule has 7 nitrogen and oxygen atoms in total. The lowest BCUT2D eigenvalue weighted by atomic mass is 10.2. The van der Waals surface area contributed by atoms with Crippen LogP contribution in [0.1, 0.15) is 26.2 Å². The average Bonchev–Trinajstić information content (AvgIpc) is 2.97. The molecule has 26 heavy (non-hydrogen) atoms. The van der Waals surface area contributed by atoms with Gasteiger partial charge in [-0.2, -0.15) is 0 Å². The van der Waals surface area contributed by atoms with Gasteiger partial charge in [0, 0.05) is 12.6 Å². The van der Waals surface area contributed by atoms with E-state index in [2.05, 4.69) is 4.98 Å². The van der Waals surface area contributed by atoms with Gasteiger partial charge >= 0.3 is 0 Å². The molecule has 2 aromatic rings. The van der Waals surface area contributed by atoms with Gasteiger partial charge < -0.3 is 4.90 Å². The number of para-hydroxylation sites is 2. The normalized spacial score (nSPS) is 18.9. The Bertz CT molecular complexity index is 968. The summed E-state index contributed by atoms with van der Waals surface area (Å²) >= 11 is 0. The zero-order chi connectivity index (χ0) is 18.7. The number of hydrogen-bond donors (Lipinski definition) is 0. The first-order valence-electron chi connectivity index (χ1n) is 8.86. The number of carbonyl (C=O) groups is 1. The lowest BCUT2D eigenvalue weighted by Crippen LogP contribution is -2.44. The van der Waals surface area contributed by atoms with Gasteiger partial charge in [-0.15, -0.1) is 0 Å². The highest BCUT2D eigenvalue weighted by Gasteiger charge is 2.34. The zero-order valence-corrected chi connectivity index (χ0v) is 15.6. The lowest BCUT2D eigenvalue weighted by Gasteiger charge is -2.28. The highest BCUT2D eigenvalue weighted by molar-refractivity contribution is 7.91. The van der Waals surface area contributed by atoms with E-state index < -0.39 is 9.84 Å². The van der Waals surface area contributed by atoms with E-state index in [1.807, 2.05) is 13.0 Å². The third kappa shape index (κ3) is 3.95. The molecule has 0 radical (unpaired) electrons. The SMILES string of the molecule is CCCCN(C(=O)Cn1c(=O)cnc2ccccc21)C1CCS(=O)(=O)C1. The first-order chi connectivity index (χ1) is 12.4. The number of unbranched alkanes of at least 4 members (excludes halogenated alkanes) is 1. The van der Waals surface area contributed by atoms with E-state index in [0.717, 1.165) is 12.8 Å². The standard InChI is InChI=1S/C18H23N3O4S/c1-2-3-9-20(14-8-10-26(24,25)13-14)18(23)12-21-16-7-5-4-6-15(16)19-11-17(21)22/h4-7,11,14H,2-3,8-10,12-13H2,1H3. The molecule has 1 aliphatic heterocycles. The van der Waals surface area contributed by atoms with Crippen molar-refractivity contribution < 1.29 is 13.2 Å². The highest BCUT2D eigenvalue weighted by atomic mass is 32.2. The molecule has 0 bridgehead atoms. The first kappa shape index (κ1) is 18.6. The summed E-state index contributed by atoms with van der Waals surface area (Å²) < 4.78 is 25.1. The Morgan fingerprint density at radius 1 is 1.35 bits per heavy atom. The van der Waals surface area contributed by atoms with Crippen LogP contribution in [0.5, 0.6) is 0 Å². The second kappa shape index (κ2) is 7.57. The van der Waals surface area contributed by atoms with Crippen LogP contribution in [0.4, 0.5) is 0 Å². The summed E-state index contributed by atoms with van der Waals surface area (Å²) in [5, 5.41) is 0. The predicted molar refractivity (Wildman–Crippen MR) is 99.7 cm³/mol. The van der Waals surface area contributed by atoms with Gasteiger partial charge in [-0.25, -0.2) is 13.4 Å². The van der Waals surface area contributed by atoms with Crippen molar-refractivity contribution in [1.82, 2.24) is 14.5 Å². The molecule has 140 valence electrons. The maximum atomic E-state index is 13.0. The quantitative estimate of drug-likeness (QED) is 0.755. The summed E-state index contributed by atoms with van der Waals surface area (Å²) in [7, 11) is -3.09. The highest BCUT2D eigenvalue weighted by Crippen LogP contribution is 2.19. The number of amides is 1. The van der Waals surface area contributed by atoms with Crippen LogP contribution in [0.15, 0.2) is 35.3 Å². The molecule has 1 amide bonds. The molecular weight excluding hydrogens is 354 g/mol. The second-order valence-electron chi connectivity index (χ2n) is 6.67. The fourth-order valence-corrected chi connectivity index (χ4v) is 5.10. The number of sulfone groups is 1. The summed E-state index contributed by atoms with van der Waals surface area (Å²) in [5.74, 6) is -0.0980. The molecule has 3 rings (SSSR count). The molecule has 1 fully saturated rings. The van der Waals surface area contributed by atoms with Crippen LogP contribution in [0.25, 0.3) is 11.0 Å². The molecule has 1 aliphatic rings. The summed E-state index contributed by atoms with van der Waals surface area (Å²) in [6, 6.07) is 6.86. The number of rotatable bonds is 6. The lowest BCUT2D eigenvalue weighted by molar-refractivity contribution is -0.133. The summed E-state index contributed by atoms with van der Waals surface area (Å²) in [4.78, 5) is 31.0. The van der Waals surface area contributed by atoms with Crippen molar-refractivity contribution in [2.24, 2.45) is 0 Å². The largest absolute Gasteiger partial charge is 0.337 e. The van der Waals surface area contributed by atoms with Gasteiger partial charge in [-0.3, -0.25) is 14.2 Å². The van der Waals surface area contributed by atoms with E-state index in [1.54, 1.807) is 23.1 Å². The van der Waals surface area contributed by atoms with E-state index in [0.29, 0.717) is 24.0 Å². The van der Waals surface area contributed by atoms with E-state index in [-0.39, 0.29) is 35.6 Å². The van der Waals surface area contributed by atoms with Crippen molar-refractivity contribution in [2.45, 2.75) is 38.8 Å². The Balaban J connectivity index is 1.89. The Kier molecular flexibility index (Phi) is 5.41. The number of fused-ring (bicyclic) bond motifs is 1. The number of aromatic nitrogens is 2. The molecule has 1 aromatic carbocycles. The Morgan fingerprint density at radius 3 is 2.81 bits per heavy atom. The summed E-state index contributed by atoms with van der Waals surface area (Å²) in [6.07, 6.45) is 3.38. The van der Waals surface area contributed by atoms with Gasteiger partial charge in [-0.1, -0.05) is 25.5 Å². The van der Waals surface area contributed by atoms with Gasteiger partial charge in [0.2, 0.25) is 5.91 Å². The van der Waals surface area contributed by atoms with Crippen molar-refractivity contribution in [3.63, 3.8) is 0 Å². The minimum absolute atomic E-state index is 0.00838. The van der Waals surface area contributed by atoms with Crippen molar-refractivity contribution >= 4 is 26.8 Å². The molecule has 1 aromatic heterocycles. The molecule has 0 N–H and O–H groups in total. The Labute approximate surface area is 152 Å². The van der Waals surface area contributed by atoms with Crippen molar-refractivity contribution in [2.75, 3.05) is 18.1 Å². The minimum Gasteiger partial charge on any atom is -0.337 e. The number of hydrogen-bond acceptors (Lipinski definition) is 5. The van der Waals surface area contributed by atoms with Crippen molar-refractivity contribution in [1.29, 1.82) is 0 Å². The molecule has 0 saturated carbocycles. The number of benzene rings is 1. The van der Waals surface area contributed by atoms with Crippen molar-refractivity contribution in [3.05, 3.63) is 40.8 Å². The van der Waals surface area contributed by atoms with Crippen LogP contribution in [0, 0.1) is 0 Å². The number of nitrogens with zero attached hydrogens (tertiary/aromatic N) is 3. The second-order valence-corrected chi connectivity index (χ2v) is 8.90. The van der Waals surface area contributed by atoms with Crippen molar-refractivity contribution in [3.8, 4) is 0 Å². The molecule has 2 heterocycles. The third-order valence-electron chi connectivity index (χ3n) is 4.77.